The molecule has 1 amide bonds. The number of hydrogen-bond donors (Lipinski definition) is 2. The maximum absolute atomic E-state index is 12.2. The molecule has 0 bridgehead atoms. The molecule has 6 heteroatoms. The Morgan fingerprint density at radius 2 is 1.70 bits per heavy atom. The topological polar surface area (TPSA) is 76.1 Å². The van der Waals surface area contributed by atoms with E-state index < -0.39 is 6.09 Å². The molecule has 0 atom stereocenters. The lowest BCUT2D eigenvalue weighted by atomic mass is 9.98. The summed E-state index contributed by atoms with van der Waals surface area (Å²) < 4.78 is 6.87. The molecule has 27 heavy (non-hydrogen) atoms. The van der Waals surface area contributed by atoms with Crippen LogP contribution in [0.4, 0.5) is 4.79 Å². The smallest absolute Gasteiger partial charge is 0.407 e. The van der Waals surface area contributed by atoms with Gasteiger partial charge in [-0.25, -0.2) is 4.79 Å². The quantitative estimate of drug-likeness (QED) is 0.748. The van der Waals surface area contributed by atoms with Gasteiger partial charge >= 0.3 is 6.09 Å². The van der Waals surface area contributed by atoms with Crippen LogP contribution in [-0.4, -0.2) is 22.5 Å². The standard InChI is InChI=1S/C21H21N3O3/c1-13-18(20(25)24(2)23-13)11-22-21(26)27-12-19-16-9-5-3-7-14(16)15-8-4-6-10-17(15)19/h3-10,19,23H,11-12H2,1-2H3,(H,22,26). The second-order valence-electron chi connectivity index (χ2n) is 6.76. The van der Waals surface area contributed by atoms with Crippen LogP contribution in [0, 0.1) is 6.92 Å². The van der Waals surface area contributed by atoms with Gasteiger partial charge in [-0.15, -0.1) is 0 Å². The van der Waals surface area contributed by atoms with Gasteiger partial charge in [0.15, 0.2) is 0 Å². The predicted molar refractivity (Wildman–Crippen MR) is 103 cm³/mol. The number of nitrogens with one attached hydrogen (secondary N) is 2. The number of ether oxygens (including phenoxy) is 1. The summed E-state index contributed by atoms with van der Waals surface area (Å²) in [7, 11) is 1.64. The van der Waals surface area contributed by atoms with Crippen molar-refractivity contribution in [2.75, 3.05) is 6.61 Å². The van der Waals surface area contributed by atoms with E-state index in [0.717, 1.165) is 5.69 Å². The highest BCUT2D eigenvalue weighted by Crippen LogP contribution is 2.44. The zero-order chi connectivity index (χ0) is 19.0. The Kier molecular flexibility index (Phi) is 4.32. The van der Waals surface area contributed by atoms with Crippen LogP contribution in [-0.2, 0) is 18.3 Å². The molecular formula is C21H21N3O3. The summed E-state index contributed by atoms with van der Waals surface area (Å²) >= 11 is 0. The third-order valence-electron chi connectivity index (χ3n) is 5.10. The SMILES string of the molecule is Cc1[nH]n(C)c(=O)c1CNC(=O)OCC1c2ccccc2-c2ccccc21. The third-order valence-corrected chi connectivity index (χ3v) is 5.10. The lowest BCUT2D eigenvalue weighted by Crippen LogP contribution is -2.28. The van der Waals surface area contributed by atoms with Crippen LogP contribution in [0.5, 0.6) is 0 Å². The number of H-pyrrole nitrogens is 1. The van der Waals surface area contributed by atoms with Gasteiger partial charge in [0.25, 0.3) is 5.56 Å². The van der Waals surface area contributed by atoms with Crippen molar-refractivity contribution in [1.82, 2.24) is 15.1 Å². The van der Waals surface area contributed by atoms with E-state index in [2.05, 4.69) is 34.7 Å². The van der Waals surface area contributed by atoms with Crippen molar-refractivity contribution in [3.63, 3.8) is 0 Å². The van der Waals surface area contributed by atoms with Gasteiger partial charge < -0.3 is 10.1 Å². The van der Waals surface area contributed by atoms with Gasteiger partial charge in [-0.1, -0.05) is 48.5 Å². The summed E-state index contributed by atoms with van der Waals surface area (Å²) in [6.45, 7) is 2.19. The third kappa shape index (κ3) is 3.03. The van der Waals surface area contributed by atoms with Crippen molar-refractivity contribution in [3.05, 3.63) is 81.3 Å². The number of rotatable bonds is 4. The van der Waals surface area contributed by atoms with Gasteiger partial charge in [-0.05, 0) is 29.2 Å². The monoisotopic (exact) mass is 363 g/mol. The number of amides is 1. The molecule has 1 aromatic heterocycles. The highest BCUT2D eigenvalue weighted by molar-refractivity contribution is 5.79. The van der Waals surface area contributed by atoms with Crippen LogP contribution >= 0.6 is 0 Å². The molecule has 1 heterocycles. The average Bonchev–Trinajstić information content (AvgIpc) is 3.12. The summed E-state index contributed by atoms with van der Waals surface area (Å²) in [6, 6.07) is 16.4. The number of aromatic nitrogens is 2. The van der Waals surface area contributed by atoms with E-state index in [0.29, 0.717) is 5.56 Å². The predicted octanol–water partition coefficient (Wildman–Crippen LogP) is 3.06. The van der Waals surface area contributed by atoms with Crippen molar-refractivity contribution >= 4 is 6.09 Å². The first kappa shape index (κ1) is 17.1. The molecule has 2 aromatic carbocycles. The van der Waals surface area contributed by atoms with Gasteiger partial charge in [0, 0.05) is 18.7 Å². The number of carbonyl (C=O) groups is 1. The molecule has 0 saturated heterocycles. The summed E-state index contributed by atoms with van der Waals surface area (Å²) in [5.41, 5.74) is 5.84. The molecule has 2 N–H and O–H groups in total. The van der Waals surface area contributed by atoms with Crippen LogP contribution < -0.4 is 10.9 Å². The molecule has 3 aromatic rings. The van der Waals surface area contributed by atoms with Gasteiger partial charge in [0.05, 0.1) is 12.1 Å². The summed E-state index contributed by atoms with van der Waals surface area (Å²) in [4.78, 5) is 24.2. The number of hydrogen-bond acceptors (Lipinski definition) is 3. The molecule has 0 spiro atoms. The van der Waals surface area contributed by atoms with Crippen molar-refractivity contribution in [3.8, 4) is 11.1 Å². The minimum atomic E-state index is -0.528. The maximum Gasteiger partial charge on any atom is 0.407 e. The lowest BCUT2D eigenvalue weighted by Gasteiger charge is -2.14. The molecule has 4 rings (SSSR count). The first-order valence-corrected chi connectivity index (χ1v) is 8.89. The van der Waals surface area contributed by atoms with Crippen LogP contribution in [0.2, 0.25) is 0 Å². The normalized spacial score (nSPS) is 12.5. The van der Waals surface area contributed by atoms with Crippen molar-refractivity contribution in [2.24, 2.45) is 7.05 Å². The molecule has 0 unspecified atom stereocenters. The molecule has 0 fully saturated rings. The molecule has 6 nitrogen and oxygen atoms in total. The first-order valence-electron chi connectivity index (χ1n) is 8.89. The number of nitrogens with zero attached hydrogens (tertiary/aromatic N) is 1. The average molecular weight is 363 g/mol. The second-order valence-corrected chi connectivity index (χ2v) is 6.76. The largest absolute Gasteiger partial charge is 0.449 e. The van der Waals surface area contributed by atoms with Gasteiger partial charge in [-0.3, -0.25) is 14.6 Å². The fourth-order valence-corrected chi connectivity index (χ4v) is 3.75. The Morgan fingerprint density at radius 3 is 2.26 bits per heavy atom. The van der Waals surface area contributed by atoms with Crippen molar-refractivity contribution in [1.29, 1.82) is 0 Å². The molecule has 138 valence electrons. The molecule has 0 aliphatic heterocycles. The zero-order valence-corrected chi connectivity index (χ0v) is 15.3. The first-order chi connectivity index (χ1) is 13.1. The lowest BCUT2D eigenvalue weighted by molar-refractivity contribution is 0.142. The maximum atomic E-state index is 12.2. The highest BCUT2D eigenvalue weighted by atomic mass is 16.5. The van der Waals surface area contributed by atoms with E-state index in [4.69, 9.17) is 4.74 Å². The Hall–Kier alpha value is -3.28. The summed E-state index contributed by atoms with van der Waals surface area (Å²) in [6.07, 6.45) is -0.528. The van der Waals surface area contributed by atoms with Crippen molar-refractivity contribution < 1.29 is 9.53 Å². The van der Waals surface area contributed by atoms with Crippen LogP contribution in [0.25, 0.3) is 11.1 Å². The Bertz CT molecular complexity index is 1020. The van der Waals surface area contributed by atoms with E-state index >= 15 is 0 Å². The summed E-state index contributed by atoms with van der Waals surface area (Å²) in [5, 5.41) is 5.58. The van der Waals surface area contributed by atoms with Crippen molar-refractivity contribution in [2.45, 2.75) is 19.4 Å². The number of benzene rings is 2. The number of alkyl carbamates (subject to hydrolysis) is 1. The second kappa shape index (κ2) is 6.79. The van der Waals surface area contributed by atoms with E-state index in [1.165, 1.54) is 26.9 Å². The number of aryl methyl sites for hydroxylation is 2. The van der Waals surface area contributed by atoms with Gasteiger partial charge in [0.1, 0.15) is 6.61 Å². The molecule has 0 saturated carbocycles. The zero-order valence-electron chi connectivity index (χ0n) is 15.3. The van der Waals surface area contributed by atoms with E-state index in [1.54, 1.807) is 14.0 Å². The van der Waals surface area contributed by atoms with E-state index in [1.807, 2.05) is 24.3 Å². The molecule has 1 aliphatic carbocycles. The van der Waals surface area contributed by atoms with Gasteiger partial charge in [0.2, 0.25) is 0 Å². The number of aromatic amines is 1. The van der Waals surface area contributed by atoms with E-state index in [9.17, 15) is 9.59 Å². The van der Waals surface area contributed by atoms with Crippen LogP contribution in [0.1, 0.15) is 28.3 Å². The van der Waals surface area contributed by atoms with Gasteiger partial charge in [-0.2, -0.15) is 0 Å². The minimum Gasteiger partial charge on any atom is -0.449 e. The molecular weight excluding hydrogens is 342 g/mol. The molecule has 1 aliphatic rings. The van der Waals surface area contributed by atoms with Crippen LogP contribution in [0.15, 0.2) is 53.3 Å². The van der Waals surface area contributed by atoms with Crippen LogP contribution in [0.3, 0.4) is 0 Å². The van der Waals surface area contributed by atoms with E-state index in [-0.39, 0.29) is 24.6 Å². The Labute approximate surface area is 156 Å². The fourth-order valence-electron chi connectivity index (χ4n) is 3.75. The number of carbonyl (C=O) groups excluding carboxylic acids is 1. The Morgan fingerprint density at radius 1 is 1.11 bits per heavy atom. The fraction of sp³-hybridized carbons (Fsp3) is 0.238. The number of fused-ring (bicyclic) bond motifs is 3. The Balaban J connectivity index is 1.44. The molecule has 0 radical (unpaired) electrons. The highest BCUT2D eigenvalue weighted by Gasteiger charge is 2.29. The summed E-state index contributed by atoms with van der Waals surface area (Å²) in [5.74, 6) is 0.0185. The minimum absolute atomic E-state index is 0.0185.